The van der Waals surface area contributed by atoms with Crippen LogP contribution in [0.4, 0.5) is 5.69 Å². The molecular formula is C22H33N. The second-order valence-electron chi connectivity index (χ2n) is 9.58. The van der Waals surface area contributed by atoms with Gasteiger partial charge in [-0.25, -0.2) is 0 Å². The normalized spacial score (nSPS) is 35.5. The zero-order valence-corrected chi connectivity index (χ0v) is 15.4. The molecule has 0 unspecified atom stereocenters. The largest absolute Gasteiger partial charge is 0.398 e. The smallest absolute Gasteiger partial charge is 0.0384 e. The van der Waals surface area contributed by atoms with Crippen molar-refractivity contribution < 1.29 is 0 Å². The van der Waals surface area contributed by atoms with Crippen LogP contribution in [-0.2, 0) is 5.41 Å². The minimum Gasteiger partial charge on any atom is -0.398 e. The van der Waals surface area contributed by atoms with Crippen LogP contribution in [0.15, 0.2) is 12.1 Å². The summed E-state index contributed by atoms with van der Waals surface area (Å²) in [5.74, 6) is 4.04. The highest BCUT2D eigenvalue weighted by molar-refractivity contribution is 5.59. The van der Waals surface area contributed by atoms with Crippen LogP contribution in [0.3, 0.4) is 0 Å². The number of nitrogens with two attached hydrogens (primary N) is 1. The lowest BCUT2D eigenvalue weighted by molar-refractivity contribution is -0.00525. The summed E-state index contributed by atoms with van der Waals surface area (Å²) in [6, 6.07) is 5.00. The van der Waals surface area contributed by atoms with Gasteiger partial charge in [0.05, 0.1) is 0 Å². The molecule has 0 spiro atoms. The molecule has 4 aliphatic rings. The van der Waals surface area contributed by atoms with E-state index in [-0.39, 0.29) is 0 Å². The summed E-state index contributed by atoms with van der Waals surface area (Å²) in [7, 11) is 0. The van der Waals surface area contributed by atoms with Crippen LogP contribution in [0.1, 0.15) is 94.7 Å². The van der Waals surface area contributed by atoms with Gasteiger partial charge in [-0.2, -0.15) is 0 Å². The van der Waals surface area contributed by atoms with Gasteiger partial charge in [-0.15, -0.1) is 0 Å². The minimum absolute atomic E-state index is 0.482. The number of benzene rings is 1. The third kappa shape index (κ3) is 2.42. The molecule has 1 aromatic rings. The summed E-state index contributed by atoms with van der Waals surface area (Å²) in [5.41, 5.74) is 12.5. The Morgan fingerprint density at radius 3 is 1.57 bits per heavy atom. The molecule has 0 atom stereocenters. The molecular weight excluding hydrogens is 278 g/mol. The van der Waals surface area contributed by atoms with Gasteiger partial charge in [-0.3, -0.25) is 0 Å². The number of hydrogen-bond acceptors (Lipinski definition) is 1. The molecule has 126 valence electrons. The first-order valence-corrected chi connectivity index (χ1v) is 9.82. The monoisotopic (exact) mass is 311 g/mol. The third-order valence-electron chi connectivity index (χ3n) is 7.14. The molecule has 0 amide bonds. The maximum Gasteiger partial charge on any atom is 0.0384 e. The molecule has 0 heterocycles. The summed E-state index contributed by atoms with van der Waals surface area (Å²) < 4.78 is 0. The summed E-state index contributed by atoms with van der Waals surface area (Å²) in [4.78, 5) is 0. The molecule has 1 nitrogen and oxygen atoms in total. The van der Waals surface area contributed by atoms with E-state index < -0.39 is 0 Å². The Labute approximate surface area is 142 Å². The first kappa shape index (κ1) is 15.5. The van der Waals surface area contributed by atoms with E-state index in [0.717, 1.165) is 23.4 Å². The molecule has 5 rings (SSSR count). The topological polar surface area (TPSA) is 26.0 Å². The standard InChI is InChI=1S/C22H33N/c1-13(2)19-8-18(9-20(14(3)4)21(19)23)22-10-15-5-16(11-22)7-17(6-15)12-22/h8-9,13-17H,5-7,10-12,23H2,1-4H3. The van der Waals surface area contributed by atoms with Crippen LogP contribution >= 0.6 is 0 Å². The summed E-state index contributed by atoms with van der Waals surface area (Å²) in [6.45, 7) is 9.16. The molecule has 1 aromatic carbocycles. The third-order valence-corrected chi connectivity index (χ3v) is 7.14. The van der Waals surface area contributed by atoms with Crippen molar-refractivity contribution in [3.05, 3.63) is 28.8 Å². The van der Waals surface area contributed by atoms with Crippen molar-refractivity contribution in [2.24, 2.45) is 17.8 Å². The van der Waals surface area contributed by atoms with Crippen molar-refractivity contribution in [3.63, 3.8) is 0 Å². The van der Waals surface area contributed by atoms with Gasteiger partial charge in [0.15, 0.2) is 0 Å². The van der Waals surface area contributed by atoms with Crippen LogP contribution in [0, 0.1) is 17.8 Å². The summed E-state index contributed by atoms with van der Waals surface area (Å²) >= 11 is 0. The van der Waals surface area contributed by atoms with Crippen molar-refractivity contribution in [1.82, 2.24) is 0 Å². The van der Waals surface area contributed by atoms with Gasteiger partial charge in [-0.05, 0) is 90.2 Å². The van der Waals surface area contributed by atoms with Crippen LogP contribution in [0.2, 0.25) is 0 Å². The van der Waals surface area contributed by atoms with Gasteiger partial charge in [0, 0.05) is 5.69 Å². The number of rotatable bonds is 3. The minimum atomic E-state index is 0.482. The fourth-order valence-electron chi connectivity index (χ4n) is 6.42. The molecule has 4 aliphatic carbocycles. The van der Waals surface area contributed by atoms with Gasteiger partial charge >= 0.3 is 0 Å². The predicted molar refractivity (Wildman–Crippen MR) is 98.9 cm³/mol. The number of anilines is 1. The van der Waals surface area contributed by atoms with Crippen molar-refractivity contribution in [3.8, 4) is 0 Å². The lowest BCUT2D eigenvalue weighted by Crippen LogP contribution is -2.48. The molecule has 2 N–H and O–H groups in total. The van der Waals surface area contributed by atoms with Crippen LogP contribution in [0.25, 0.3) is 0 Å². The van der Waals surface area contributed by atoms with Crippen LogP contribution in [0.5, 0.6) is 0 Å². The molecule has 0 saturated heterocycles. The Morgan fingerprint density at radius 1 is 0.826 bits per heavy atom. The highest BCUT2D eigenvalue weighted by Gasteiger charge is 2.51. The van der Waals surface area contributed by atoms with Crippen molar-refractivity contribution in [2.45, 2.75) is 83.5 Å². The Kier molecular flexibility index (Phi) is 3.55. The first-order valence-electron chi connectivity index (χ1n) is 9.82. The molecule has 0 aromatic heterocycles. The van der Waals surface area contributed by atoms with Gasteiger partial charge in [0.1, 0.15) is 0 Å². The number of hydrogen-bond donors (Lipinski definition) is 1. The van der Waals surface area contributed by atoms with E-state index in [1.807, 2.05) is 0 Å². The average Bonchev–Trinajstić information content (AvgIpc) is 2.45. The molecule has 4 bridgehead atoms. The molecule has 4 saturated carbocycles. The maximum atomic E-state index is 6.55. The van der Waals surface area contributed by atoms with E-state index in [2.05, 4.69) is 39.8 Å². The quantitative estimate of drug-likeness (QED) is 0.682. The SMILES string of the molecule is CC(C)c1cc(C23CC4CC(CC(C4)C2)C3)cc(C(C)C)c1N. The fraction of sp³-hybridized carbons (Fsp3) is 0.727. The van der Waals surface area contributed by atoms with Gasteiger partial charge in [0.25, 0.3) is 0 Å². The van der Waals surface area contributed by atoms with Gasteiger partial charge < -0.3 is 5.73 Å². The second-order valence-corrected chi connectivity index (χ2v) is 9.58. The molecule has 4 fully saturated rings. The zero-order valence-electron chi connectivity index (χ0n) is 15.4. The van der Waals surface area contributed by atoms with E-state index in [9.17, 15) is 0 Å². The van der Waals surface area contributed by atoms with E-state index in [1.165, 1.54) is 49.7 Å². The zero-order chi connectivity index (χ0) is 16.4. The van der Waals surface area contributed by atoms with E-state index in [1.54, 1.807) is 5.56 Å². The van der Waals surface area contributed by atoms with E-state index in [4.69, 9.17) is 5.73 Å². The van der Waals surface area contributed by atoms with Crippen molar-refractivity contribution in [2.75, 3.05) is 5.73 Å². The first-order chi connectivity index (χ1) is 10.9. The molecule has 0 aliphatic heterocycles. The van der Waals surface area contributed by atoms with Crippen molar-refractivity contribution >= 4 is 5.69 Å². The summed E-state index contributed by atoms with van der Waals surface area (Å²) in [6.07, 6.45) is 8.88. The fourth-order valence-corrected chi connectivity index (χ4v) is 6.42. The lowest BCUT2D eigenvalue weighted by Gasteiger charge is -2.57. The highest BCUT2D eigenvalue weighted by atomic mass is 14.6. The average molecular weight is 312 g/mol. The van der Waals surface area contributed by atoms with E-state index >= 15 is 0 Å². The lowest BCUT2D eigenvalue weighted by atomic mass is 9.48. The van der Waals surface area contributed by atoms with Crippen LogP contribution in [-0.4, -0.2) is 0 Å². The maximum absolute atomic E-state index is 6.55. The second kappa shape index (κ2) is 5.26. The summed E-state index contributed by atoms with van der Waals surface area (Å²) in [5, 5.41) is 0. The predicted octanol–water partition coefficient (Wildman–Crippen LogP) is 5.98. The van der Waals surface area contributed by atoms with Gasteiger partial charge in [-0.1, -0.05) is 39.8 Å². The highest BCUT2D eigenvalue weighted by Crippen LogP contribution is 2.61. The molecule has 0 radical (unpaired) electrons. The molecule has 23 heavy (non-hydrogen) atoms. The Bertz CT molecular complexity index is 546. The molecule has 1 heteroatoms. The van der Waals surface area contributed by atoms with E-state index in [0.29, 0.717) is 17.3 Å². The van der Waals surface area contributed by atoms with Gasteiger partial charge in [0.2, 0.25) is 0 Å². The Morgan fingerprint density at radius 2 is 1.22 bits per heavy atom. The Balaban J connectivity index is 1.82. The van der Waals surface area contributed by atoms with Crippen LogP contribution < -0.4 is 5.73 Å². The van der Waals surface area contributed by atoms with Crippen molar-refractivity contribution in [1.29, 1.82) is 0 Å². The Hall–Kier alpha value is -0.980. The number of nitrogen functional groups attached to an aromatic ring is 1.